The van der Waals surface area contributed by atoms with Crippen molar-refractivity contribution in [2.75, 3.05) is 101 Å². The Labute approximate surface area is 372 Å². The van der Waals surface area contributed by atoms with Gasteiger partial charge in [0.2, 0.25) is 0 Å². The molecule has 3 rings (SSSR count). The van der Waals surface area contributed by atoms with Crippen LogP contribution in [-0.4, -0.2) is 152 Å². The van der Waals surface area contributed by atoms with Crippen molar-refractivity contribution < 1.29 is 106 Å². The maximum atomic E-state index is 13.5. The van der Waals surface area contributed by atoms with Crippen molar-refractivity contribution >= 4 is 37.7 Å². The molecule has 2 unspecified atom stereocenters. The van der Waals surface area contributed by atoms with E-state index in [1.54, 1.807) is 4.90 Å². The average Bonchev–Trinajstić information content (AvgIpc) is 3.22. The van der Waals surface area contributed by atoms with E-state index < -0.39 is 56.3 Å². The summed E-state index contributed by atoms with van der Waals surface area (Å²) in [6.07, 6.45) is 1.50. The zero-order valence-electron chi connectivity index (χ0n) is 33.7. The molecule has 0 aliphatic heterocycles. The second-order valence-corrected chi connectivity index (χ2v) is 15.1. The van der Waals surface area contributed by atoms with E-state index >= 15 is 0 Å². The van der Waals surface area contributed by atoms with E-state index in [4.69, 9.17) is 32.7 Å². The van der Waals surface area contributed by atoms with Crippen LogP contribution in [0.3, 0.4) is 0 Å². The maximum Gasteiger partial charge on any atom is 3.00 e. The summed E-state index contributed by atoms with van der Waals surface area (Å²) in [7, 11) is 1.06. The quantitative estimate of drug-likeness (QED) is 0.0838. The number of phosphoric ester groups is 1. The van der Waals surface area contributed by atoms with Crippen molar-refractivity contribution in [3.63, 3.8) is 0 Å². The molecule has 1 fully saturated rings. The van der Waals surface area contributed by atoms with E-state index in [2.05, 4.69) is 24.3 Å². The monoisotopic (exact) mass is 978 g/mol. The van der Waals surface area contributed by atoms with Crippen LogP contribution in [0.4, 0.5) is 0 Å². The fraction of sp³-hybridized carbons (Fsp3) is 0.564. The van der Waals surface area contributed by atoms with Crippen molar-refractivity contribution in [1.82, 2.24) is 14.7 Å². The van der Waals surface area contributed by atoms with Gasteiger partial charge in [-0.25, -0.2) is 0 Å². The number of nitrogens with zero attached hydrogens (tertiary/aromatic N) is 3. The van der Waals surface area contributed by atoms with E-state index in [-0.39, 0.29) is 104 Å². The summed E-state index contributed by atoms with van der Waals surface area (Å²) >= 11 is 0. The number of rotatable bonds is 24. The summed E-state index contributed by atoms with van der Waals surface area (Å²) in [4.78, 5) is 79.4. The van der Waals surface area contributed by atoms with Gasteiger partial charge in [-0.3, -0.25) is 43.2 Å². The van der Waals surface area contributed by atoms with E-state index in [0.29, 0.717) is 25.7 Å². The second kappa shape index (κ2) is 26.3. The molecule has 0 saturated heterocycles. The van der Waals surface area contributed by atoms with E-state index in [9.17, 15) is 33.4 Å². The summed E-state index contributed by atoms with van der Waals surface area (Å²) in [5, 5.41) is 0. The Morgan fingerprint density at radius 3 is 1.41 bits per heavy atom. The molecule has 2 atom stereocenters. The van der Waals surface area contributed by atoms with Gasteiger partial charge >= 0.3 is 69.8 Å². The third-order valence-electron chi connectivity index (χ3n) is 9.85. The van der Waals surface area contributed by atoms with Crippen LogP contribution in [0.25, 0.3) is 0 Å². The Morgan fingerprint density at radius 2 is 1.00 bits per heavy atom. The van der Waals surface area contributed by atoms with Gasteiger partial charge in [0, 0.05) is 37.5 Å². The minimum atomic E-state index is -4.93. The van der Waals surface area contributed by atoms with E-state index in [1.807, 2.05) is 36.4 Å². The van der Waals surface area contributed by atoms with E-state index in [0.717, 1.165) is 11.1 Å². The van der Waals surface area contributed by atoms with Gasteiger partial charge in [0.15, 0.2) is 0 Å². The van der Waals surface area contributed by atoms with Crippen LogP contribution in [0.5, 0.6) is 0 Å². The number of esters is 5. The number of carbonyl (C=O) groups is 5. The third-order valence-corrected chi connectivity index (χ3v) is 10.9. The number of carbonyl (C=O) groups excluding carboxylic acids is 5. The van der Waals surface area contributed by atoms with Gasteiger partial charge in [0.25, 0.3) is 7.82 Å². The minimum Gasteiger partial charge on any atom is -0.756 e. The Morgan fingerprint density at radius 1 is 0.638 bits per heavy atom. The Bertz CT molecular complexity index is 1550. The molecular weight excluding hydrogens is 923 g/mol. The predicted octanol–water partition coefficient (Wildman–Crippen LogP) is 1.80. The van der Waals surface area contributed by atoms with Crippen LogP contribution < -0.4 is 4.89 Å². The number of hydrogen-bond acceptors (Lipinski definition) is 17. The second-order valence-electron chi connectivity index (χ2n) is 13.7. The Kier molecular flexibility index (Phi) is 23.3. The van der Waals surface area contributed by atoms with Gasteiger partial charge in [-0.2, -0.15) is 0 Å². The molecule has 1 aliphatic carbocycles. The zero-order chi connectivity index (χ0) is 41.8. The van der Waals surface area contributed by atoms with Crippen molar-refractivity contribution in [3.05, 3.63) is 71.8 Å². The topological polar surface area (TPSA) is 200 Å². The fourth-order valence-electron chi connectivity index (χ4n) is 6.90. The molecule has 0 aromatic heterocycles. The van der Waals surface area contributed by atoms with Crippen molar-refractivity contribution in [2.45, 2.75) is 37.2 Å². The van der Waals surface area contributed by atoms with Crippen LogP contribution >= 0.6 is 7.82 Å². The molecule has 2 aromatic rings. The first-order chi connectivity index (χ1) is 27.3. The normalized spacial score (nSPS) is 15.5. The largest absolute Gasteiger partial charge is 3.00 e. The van der Waals surface area contributed by atoms with Gasteiger partial charge in [-0.15, -0.1) is 0 Å². The molecule has 58 heavy (non-hydrogen) atoms. The smallest absolute Gasteiger partial charge is 0.756 e. The Balaban J connectivity index is 0.0000116. The van der Waals surface area contributed by atoms with Crippen LogP contribution in [0.1, 0.15) is 36.8 Å². The first kappa shape index (κ1) is 51.2. The molecule has 1 saturated carbocycles. The number of methoxy groups -OCH3 is 5. The molecule has 1 radical (unpaired) electrons. The predicted molar refractivity (Wildman–Crippen MR) is 203 cm³/mol. The zero-order valence-corrected chi connectivity index (χ0v) is 36.8. The number of hydrogen-bond donors (Lipinski definition) is 0. The van der Waals surface area contributed by atoms with Crippen molar-refractivity contribution in [1.29, 1.82) is 0 Å². The first-order valence-electron chi connectivity index (χ1n) is 18.5. The van der Waals surface area contributed by atoms with Crippen molar-refractivity contribution in [3.8, 4) is 0 Å². The standard InChI is InChI=1S/C39H56N3O14P.Gd/c1-50-34(43)24-40(20-21-41(25-35(44)51-2)26-36(45)52-3)22-30(23-42(27-37(46)53-4)28-38(47)54-5)29-55-57(48,49)56-33-16-18-39(19-17-33,31-12-8-6-9-13-31)32-14-10-7-11-15-32;/h6-15,30,33H,16-29H2,1-5H3,(H,48,49);/q;+3/p-1. The molecule has 1 aliphatic rings. The van der Waals surface area contributed by atoms with Gasteiger partial charge in [0.1, 0.15) is 0 Å². The van der Waals surface area contributed by atoms with Crippen LogP contribution in [-0.2, 0) is 66.7 Å². The maximum absolute atomic E-state index is 13.5. The summed E-state index contributed by atoms with van der Waals surface area (Å²) in [6.45, 7) is -1.91. The molecule has 0 amide bonds. The van der Waals surface area contributed by atoms with E-state index in [1.165, 1.54) is 45.3 Å². The SMILES string of the molecule is COC(=O)CN(CCN(CC(=O)OC)CC(COP(=O)([O-])OC1CCC(c2ccccc2)(c2ccccc2)CC1)CN(CC(=O)OC)CC(=O)OC)CC(=O)OC.[Gd+3]. The molecule has 0 spiro atoms. The fourth-order valence-corrected chi connectivity index (χ4v) is 7.93. The van der Waals surface area contributed by atoms with Gasteiger partial charge < -0.3 is 37.6 Å². The molecule has 321 valence electrons. The molecule has 19 heteroatoms. The summed E-state index contributed by atoms with van der Waals surface area (Å²) in [5.74, 6) is -3.95. The summed E-state index contributed by atoms with van der Waals surface area (Å²) < 4.78 is 48.7. The first-order valence-corrected chi connectivity index (χ1v) is 20.0. The van der Waals surface area contributed by atoms with Crippen molar-refractivity contribution in [2.24, 2.45) is 5.92 Å². The Hall–Kier alpha value is -2.90. The summed E-state index contributed by atoms with van der Waals surface area (Å²) in [5.41, 5.74) is 1.95. The van der Waals surface area contributed by atoms with Crippen LogP contribution in [0.15, 0.2) is 60.7 Å². The van der Waals surface area contributed by atoms with Crippen LogP contribution in [0.2, 0.25) is 0 Å². The molecular formula is C39H55GdN3O14P+2. The third kappa shape index (κ3) is 17.4. The van der Waals surface area contributed by atoms with Gasteiger partial charge in [-0.05, 0) is 36.8 Å². The minimum absolute atomic E-state index is 0. The molecule has 2 aromatic carbocycles. The van der Waals surface area contributed by atoms with Gasteiger partial charge in [-0.1, -0.05) is 60.7 Å². The molecule has 0 bridgehead atoms. The number of ether oxygens (including phenoxy) is 5. The molecule has 17 nitrogen and oxygen atoms in total. The van der Waals surface area contributed by atoms with Gasteiger partial charge in [0.05, 0.1) is 81.0 Å². The molecule has 0 N–H and O–H groups in total. The number of phosphoric acid groups is 1. The molecule has 0 heterocycles. The summed E-state index contributed by atoms with van der Waals surface area (Å²) in [6, 6.07) is 20.2. The average molecular weight is 978 g/mol. The number of benzene rings is 2. The van der Waals surface area contributed by atoms with Crippen LogP contribution in [0, 0.1) is 45.9 Å².